The molecular formula is C24H22F2N2OS. The zero-order chi connectivity index (χ0) is 20.5. The molecule has 0 saturated carbocycles. The Morgan fingerprint density at radius 3 is 2.60 bits per heavy atom. The molecule has 30 heavy (non-hydrogen) atoms. The van der Waals surface area contributed by atoms with Crippen LogP contribution in [0, 0.1) is 11.6 Å². The molecule has 0 bridgehead atoms. The highest BCUT2D eigenvalue weighted by Crippen LogP contribution is 2.35. The number of furan rings is 1. The molecule has 1 saturated heterocycles. The Kier molecular flexibility index (Phi) is 5.35. The van der Waals surface area contributed by atoms with Crippen molar-refractivity contribution in [3.63, 3.8) is 0 Å². The molecule has 0 atom stereocenters. The summed E-state index contributed by atoms with van der Waals surface area (Å²) in [4.78, 5) is 8.24. The van der Waals surface area contributed by atoms with Crippen molar-refractivity contribution in [1.82, 2.24) is 9.88 Å². The van der Waals surface area contributed by atoms with Crippen molar-refractivity contribution in [3.8, 4) is 11.3 Å². The number of likely N-dealkylation sites (tertiary alicyclic amines) is 1. The van der Waals surface area contributed by atoms with Gasteiger partial charge in [0.15, 0.2) is 0 Å². The molecule has 0 unspecified atom stereocenters. The van der Waals surface area contributed by atoms with Gasteiger partial charge < -0.3 is 9.32 Å². The summed E-state index contributed by atoms with van der Waals surface area (Å²) in [7, 11) is 0. The highest BCUT2D eigenvalue weighted by atomic mass is 32.1. The molecule has 0 aliphatic carbocycles. The van der Waals surface area contributed by atoms with E-state index >= 15 is 0 Å². The smallest absolute Gasteiger partial charge is 0.137 e. The van der Waals surface area contributed by atoms with Gasteiger partial charge in [0.25, 0.3) is 0 Å². The lowest BCUT2D eigenvalue weighted by atomic mass is 9.89. The summed E-state index contributed by atoms with van der Waals surface area (Å²) in [6, 6.07) is 11.3. The van der Waals surface area contributed by atoms with Crippen molar-refractivity contribution < 1.29 is 13.2 Å². The Morgan fingerprint density at radius 2 is 1.80 bits per heavy atom. The quantitative estimate of drug-likeness (QED) is 0.379. The topological polar surface area (TPSA) is 29.3 Å². The van der Waals surface area contributed by atoms with Gasteiger partial charge in [0.2, 0.25) is 0 Å². The highest BCUT2D eigenvalue weighted by Gasteiger charge is 2.24. The van der Waals surface area contributed by atoms with Gasteiger partial charge in [0.05, 0.1) is 17.5 Å². The number of aromatic nitrogens is 1. The van der Waals surface area contributed by atoms with Crippen LogP contribution in [0.4, 0.5) is 8.78 Å². The van der Waals surface area contributed by atoms with Crippen LogP contribution in [0.5, 0.6) is 0 Å². The Labute approximate surface area is 178 Å². The zero-order valence-corrected chi connectivity index (χ0v) is 17.3. The lowest BCUT2D eigenvalue weighted by molar-refractivity contribution is 0.215. The summed E-state index contributed by atoms with van der Waals surface area (Å²) in [5.74, 6) is -0.0404. The predicted molar refractivity (Wildman–Crippen MR) is 116 cm³/mol. The van der Waals surface area contributed by atoms with Crippen LogP contribution < -0.4 is 0 Å². The number of rotatable bonds is 5. The van der Waals surface area contributed by atoms with Crippen molar-refractivity contribution in [2.24, 2.45) is 0 Å². The van der Waals surface area contributed by atoms with Crippen LogP contribution in [0.25, 0.3) is 22.2 Å². The average Bonchev–Trinajstić information content (AvgIpc) is 3.40. The number of benzene rings is 2. The summed E-state index contributed by atoms with van der Waals surface area (Å²) in [6.45, 7) is 3.05. The monoisotopic (exact) mass is 424 g/mol. The van der Waals surface area contributed by atoms with Gasteiger partial charge in [-0.1, -0.05) is 0 Å². The molecule has 5 rings (SSSR count). The first-order valence-electron chi connectivity index (χ1n) is 10.2. The van der Waals surface area contributed by atoms with Crippen LogP contribution in [-0.4, -0.2) is 29.5 Å². The first-order chi connectivity index (χ1) is 14.7. The minimum Gasteiger partial charge on any atom is -0.464 e. The molecule has 1 aliphatic rings. The van der Waals surface area contributed by atoms with Crippen LogP contribution in [0.3, 0.4) is 0 Å². The maximum Gasteiger partial charge on any atom is 0.137 e. The molecule has 3 heterocycles. The summed E-state index contributed by atoms with van der Waals surface area (Å²) >= 11 is 1.66. The van der Waals surface area contributed by atoms with E-state index in [1.54, 1.807) is 29.7 Å². The van der Waals surface area contributed by atoms with E-state index in [1.807, 2.05) is 11.6 Å². The zero-order valence-electron chi connectivity index (χ0n) is 16.5. The first kappa shape index (κ1) is 19.4. The summed E-state index contributed by atoms with van der Waals surface area (Å²) in [5.41, 5.74) is 5.63. The standard InChI is InChI=1S/C24H22F2N2OS/c25-18-3-1-17(2-4-18)24-23(30-15-27-24)9-12-28-10-7-16(8-11-28)21-14-29-22-13-19(26)5-6-20(21)22/h1-6,13-16H,7-12H2. The summed E-state index contributed by atoms with van der Waals surface area (Å²) in [5, 5.41) is 1.03. The lowest BCUT2D eigenvalue weighted by Gasteiger charge is -2.31. The molecule has 2 aromatic carbocycles. The number of hydrogen-bond acceptors (Lipinski definition) is 4. The number of hydrogen-bond donors (Lipinski definition) is 0. The largest absolute Gasteiger partial charge is 0.464 e. The molecule has 0 N–H and O–H groups in total. The number of thiazole rings is 1. The number of halogens is 2. The van der Waals surface area contributed by atoms with E-state index in [1.165, 1.54) is 34.7 Å². The molecule has 154 valence electrons. The average molecular weight is 425 g/mol. The molecule has 0 amide bonds. The molecule has 1 fully saturated rings. The third-order valence-electron chi connectivity index (χ3n) is 6.01. The third-order valence-corrected chi connectivity index (χ3v) is 6.90. The maximum absolute atomic E-state index is 13.4. The predicted octanol–water partition coefficient (Wildman–Crippen LogP) is 6.26. The number of fused-ring (bicyclic) bond motifs is 1. The Bertz CT molecular complexity index is 1140. The van der Waals surface area contributed by atoms with E-state index in [-0.39, 0.29) is 11.6 Å². The van der Waals surface area contributed by atoms with Gasteiger partial charge in [0.1, 0.15) is 17.2 Å². The number of nitrogens with zero attached hydrogens (tertiary/aromatic N) is 2. The van der Waals surface area contributed by atoms with Crippen LogP contribution in [-0.2, 0) is 6.42 Å². The Morgan fingerprint density at radius 1 is 1.03 bits per heavy atom. The fourth-order valence-corrected chi connectivity index (χ4v) is 5.13. The molecule has 1 aliphatic heterocycles. The minimum absolute atomic E-state index is 0.228. The molecule has 4 aromatic rings. The second-order valence-corrected chi connectivity index (χ2v) is 8.77. The van der Waals surface area contributed by atoms with E-state index in [9.17, 15) is 8.78 Å². The van der Waals surface area contributed by atoms with E-state index in [0.717, 1.165) is 55.5 Å². The molecule has 0 radical (unpaired) electrons. The molecule has 0 spiro atoms. The van der Waals surface area contributed by atoms with Gasteiger partial charge in [-0.05, 0) is 74.7 Å². The van der Waals surface area contributed by atoms with Gasteiger partial charge in [-0.3, -0.25) is 0 Å². The number of piperidine rings is 1. The van der Waals surface area contributed by atoms with Gasteiger partial charge in [0, 0.05) is 34.0 Å². The van der Waals surface area contributed by atoms with Crippen LogP contribution >= 0.6 is 11.3 Å². The van der Waals surface area contributed by atoms with Crippen molar-refractivity contribution in [2.45, 2.75) is 25.2 Å². The van der Waals surface area contributed by atoms with Crippen LogP contribution in [0.2, 0.25) is 0 Å². The fourth-order valence-electron chi connectivity index (χ4n) is 4.36. The fraction of sp³-hybridized carbons (Fsp3) is 0.292. The third kappa shape index (κ3) is 3.89. The summed E-state index contributed by atoms with van der Waals surface area (Å²) in [6.07, 6.45) is 4.88. The lowest BCUT2D eigenvalue weighted by Crippen LogP contribution is -2.34. The second-order valence-electron chi connectivity index (χ2n) is 7.83. The molecule has 6 heteroatoms. The summed E-state index contributed by atoms with van der Waals surface area (Å²) < 4.78 is 32.2. The van der Waals surface area contributed by atoms with E-state index < -0.39 is 0 Å². The normalized spacial score (nSPS) is 15.8. The molecule has 3 nitrogen and oxygen atoms in total. The van der Waals surface area contributed by atoms with E-state index in [2.05, 4.69) is 9.88 Å². The molecule has 2 aromatic heterocycles. The first-order valence-corrected chi connectivity index (χ1v) is 11.1. The van der Waals surface area contributed by atoms with Gasteiger partial charge in [-0.2, -0.15) is 0 Å². The van der Waals surface area contributed by atoms with Crippen molar-refractivity contribution in [2.75, 3.05) is 19.6 Å². The minimum atomic E-state index is -0.263. The van der Waals surface area contributed by atoms with E-state index in [4.69, 9.17) is 4.42 Å². The maximum atomic E-state index is 13.4. The van der Waals surface area contributed by atoms with Crippen molar-refractivity contribution >= 4 is 22.3 Å². The molecular weight excluding hydrogens is 402 g/mol. The van der Waals surface area contributed by atoms with Crippen molar-refractivity contribution in [1.29, 1.82) is 0 Å². The Balaban J connectivity index is 1.20. The van der Waals surface area contributed by atoms with Gasteiger partial charge in [-0.25, -0.2) is 13.8 Å². The SMILES string of the molecule is Fc1ccc(-c2ncsc2CCN2CCC(c3coc4cc(F)ccc34)CC2)cc1. The second kappa shape index (κ2) is 8.28. The van der Waals surface area contributed by atoms with Crippen LogP contribution in [0.1, 0.15) is 29.2 Å². The van der Waals surface area contributed by atoms with Crippen LogP contribution in [0.15, 0.2) is 58.7 Å². The highest BCUT2D eigenvalue weighted by molar-refractivity contribution is 7.10. The van der Waals surface area contributed by atoms with Gasteiger partial charge >= 0.3 is 0 Å². The van der Waals surface area contributed by atoms with Gasteiger partial charge in [-0.15, -0.1) is 11.3 Å². The van der Waals surface area contributed by atoms with Crippen molar-refractivity contribution in [3.05, 3.63) is 76.3 Å². The van der Waals surface area contributed by atoms with E-state index in [0.29, 0.717) is 11.5 Å². The Hall–Kier alpha value is -2.57.